The van der Waals surface area contributed by atoms with E-state index in [4.69, 9.17) is 9.47 Å². The smallest absolute Gasteiger partial charge is 0.231 e. The molecule has 1 N–H and O–H groups in total. The summed E-state index contributed by atoms with van der Waals surface area (Å²) in [7, 11) is 0. The van der Waals surface area contributed by atoms with E-state index in [0.717, 1.165) is 55.8 Å². The molecule has 0 amide bonds. The number of hydrogen-bond donors (Lipinski definition) is 1. The van der Waals surface area contributed by atoms with Gasteiger partial charge in [-0.05, 0) is 31.5 Å². The molecule has 1 saturated heterocycles. The van der Waals surface area contributed by atoms with E-state index in [0.29, 0.717) is 19.3 Å². The molecule has 1 unspecified atom stereocenters. The van der Waals surface area contributed by atoms with Crippen molar-refractivity contribution in [2.24, 2.45) is 9.98 Å². The van der Waals surface area contributed by atoms with Crippen molar-refractivity contribution in [3.05, 3.63) is 35.5 Å². The van der Waals surface area contributed by atoms with Gasteiger partial charge in [0.1, 0.15) is 0 Å². The van der Waals surface area contributed by atoms with E-state index in [1.54, 1.807) is 13.1 Å². The van der Waals surface area contributed by atoms with Crippen LogP contribution in [0.4, 0.5) is 0 Å². The molecule has 2 atom stereocenters. The van der Waals surface area contributed by atoms with E-state index >= 15 is 0 Å². The largest absolute Gasteiger partial charge is 0.454 e. The highest BCUT2D eigenvalue weighted by atomic mass is 16.7. The lowest BCUT2D eigenvalue weighted by molar-refractivity contribution is 0.139. The highest BCUT2D eigenvalue weighted by Crippen LogP contribution is 2.35. The van der Waals surface area contributed by atoms with Gasteiger partial charge < -0.3 is 19.5 Å². The monoisotopic (exact) mass is 384 g/mol. The summed E-state index contributed by atoms with van der Waals surface area (Å²) in [5.74, 6) is 2.42. The van der Waals surface area contributed by atoms with Gasteiger partial charge >= 0.3 is 0 Å². The third-order valence-electron chi connectivity index (χ3n) is 5.31. The second kappa shape index (κ2) is 8.32. The molecule has 7 heteroatoms. The average Bonchev–Trinajstić information content (AvgIpc) is 3.39. The number of aliphatic hydroxyl groups is 1. The summed E-state index contributed by atoms with van der Waals surface area (Å²) in [4.78, 5) is 13.9. The highest BCUT2D eigenvalue weighted by molar-refractivity contribution is 5.89. The highest BCUT2D eigenvalue weighted by Gasteiger charge is 2.25. The van der Waals surface area contributed by atoms with Gasteiger partial charge in [-0.25, -0.2) is 9.98 Å². The van der Waals surface area contributed by atoms with Crippen LogP contribution < -0.4 is 9.47 Å². The molecule has 0 radical (unpaired) electrons. The summed E-state index contributed by atoms with van der Waals surface area (Å²) in [5, 5.41) is 9.45. The van der Waals surface area contributed by atoms with Crippen molar-refractivity contribution in [3.63, 3.8) is 0 Å². The molecule has 0 bridgehead atoms. The molecule has 1 aromatic carbocycles. The Morgan fingerprint density at radius 3 is 2.64 bits per heavy atom. The zero-order valence-electron chi connectivity index (χ0n) is 16.5. The summed E-state index contributed by atoms with van der Waals surface area (Å²) in [6.07, 6.45) is 4.98. The van der Waals surface area contributed by atoms with E-state index in [2.05, 4.69) is 44.9 Å². The SMILES string of the molecule is CC(O)CC=NC(=NC1=CC1)N1CCN([C@@H](C)c2ccc3c(c2)OCO3)CC1. The molecular formula is C21H28N4O3. The second-order valence-electron chi connectivity index (χ2n) is 7.52. The molecule has 4 rings (SSSR count). The van der Waals surface area contributed by atoms with Crippen molar-refractivity contribution in [2.45, 2.75) is 38.8 Å². The minimum absolute atomic E-state index is 0.306. The fourth-order valence-corrected chi connectivity index (χ4v) is 3.43. The van der Waals surface area contributed by atoms with Crippen LogP contribution in [-0.4, -0.2) is 66.2 Å². The number of fused-ring (bicyclic) bond motifs is 1. The first-order valence-electron chi connectivity index (χ1n) is 9.97. The predicted molar refractivity (Wildman–Crippen MR) is 109 cm³/mol. The van der Waals surface area contributed by atoms with Crippen molar-refractivity contribution in [1.29, 1.82) is 0 Å². The van der Waals surface area contributed by atoms with Crippen LogP contribution in [0.25, 0.3) is 0 Å². The number of guanidine groups is 1. The number of ether oxygens (including phenoxy) is 2. The Labute approximate surface area is 166 Å². The Morgan fingerprint density at radius 1 is 1.18 bits per heavy atom. The molecule has 3 aliphatic rings. The van der Waals surface area contributed by atoms with Gasteiger partial charge in [-0.1, -0.05) is 12.1 Å². The number of rotatable bonds is 5. The van der Waals surface area contributed by atoms with Crippen molar-refractivity contribution in [1.82, 2.24) is 9.80 Å². The standard InChI is InChI=1S/C21H28N4O3/c1-15(26)7-8-22-21(23-18-4-5-18)25-11-9-24(10-12-25)16(2)17-3-6-19-20(13-17)28-14-27-19/h3-4,6,8,13,15-16,26H,5,7,9-12,14H2,1-2H3/t15?,16-/m0/s1. The minimum atomic E-state index is -0.385. The predicted octanol–water partition coefficient (Wildman–Crippen LogP) is 2.58. The number of piperazine rings is 1. The lowest BCUT2D eigenvalue weighted by Crippen LogP contribution is -2.49. The number of aliphatic hydroxyl groups excluding tert-OH is 1. The number of benzene rings is 1. The van der Waals surface area contributed by atoms with Crippen LogP contribution in [0.3, 0.4) is 0 Å². The first-order valence-corrected chi connectivity index (χ1v) is 9.97. The minimum Gasteiger partial charge on any atom is -0.454 e. The van der Waals surface area contributed by atoms with E-state index < -0.39 is 0 Å². The Hall–Kier alpha value is -2.38. The Balaban J connectivity index is 1.37. The van der Waals surface area contributed by atoms with Crippen LogP contribution in [0.5, 0.6) is 11.5 Å². The maximum absolute atomic E-state index is 9.45. The van der Waals surface area contributed by atoms with Gasteiger partial charge in [0.15, 0.2) is 11.5 Å². The maximum Gasteiger partial charge on any atom is 0.231 e. The normalized spacial score (nSPS) is 21.8. The summed E-state index contributed by atoms with van der Waals surface area (Å²) < 4.78 is 10.9. The van der Waals surface area contributed by atoms with Crippen molar-refractivity contribution >= 4 is 12.2 Å². The van der Waals surface area contributed by atoms with Gasteiger partial charge in [0.25, 0.3) is 0 Å². The topological polar surface area (TPSA) is 69.9 Å². The van der Waals surface area contributed by atoms with E-state index in [1.165, 1.54) is 5.56 Å². The number of nitrogens with zero attached hydrogens (tertiary/aromatic N) is 4. The summed E-state index contributed by atoms with van der Waals surface area (Å²) in [6.45, 7) is 7.96. The van der Waals surface area contributed by atoms with Crippen LogP contribution in [0.15, 0.2) is 40.0 Å². The van der Waals surface area contributed by atoms with E-state index in [-0.39, 0.29) is 6.10 Å². The molecule has 2 aliphatic heterocycles. The second-order valence-corrected chi connectivity index (χ2v) is 7.52. The molecule has 1 aliphatic carbocycles. The number of aliphatic imine (C=N–C) groups is 2. The lowest BCUT2D eigenvalue weighted by atomic mass is 10.1. The van der Waals surface area contributed by atoms with Gasteiger partial charge in [-0.15, -0.1) is 0 Å². The van der Waals surface area contributed by atoms with Crippen molar-refractivity contribution < 1.29 is 14.6 Å². The molecule has 1 aromatic rings. The first kappa shape index (κ1) is 19.0. The molecule has 0 spiro atoms. The van der Waals surface area contributed by atoms with Crippen molar-refractivity contribution in [3.8, 4) is 11.5 Å². The van der Waals surface area contributed by atoms with Crippen LogP contribution in [0.2, 0.25) is 0 Å². The molecular weight excluding hydrogens is 356 g/mol. The molecule has 150 valence electrons. The number of hydrogen-bond acceptors (Lipinski definition) is 5. The van der Waals surface area contributed by atoms with Gasteiger partial charge in [0, 0.05) is 57.0 Å². The number of allylic oxidation sites excluding steroid dienone is 2. The summed E-state index contributed by atoms with van der Waals surface area (Å²) in [5.41, 5.74) is 2.34. The Bertz CT molecular complexity index is 795. The lowest BCUT2D eigenvalue weighted by Gasteiger charge is -2.38. The maximum atomic E-state index is 9.45. The average molecular weight is 384 g/mol. The molecule has 1 fully saturated rings. The first-order chi connectivity index (χ1) is 13.6. The van der Waals surface area contributed by atoms with Crippen LogP contribution >= 0.6 is 0 Å². The van der Waals surface area contributed by atoms with Crippen LogP contribution in [0, 0.1) is 0 Å². The Morgan fingerprint density at radius 2 is 1.93 bits per heavy atom. The third kappa shape index (κ3) is 4.54. The van der Waals surface area contributed by atoms with Gasteiger partial charge in [0.05, 0.1) is 6.10 Å². The van der Waals surface area contributed by atoms with E-state index in [9.17, 15) is 5.11 Å². The van der Waals surface area contributed by atoms with Gasteiger partial charge in [0.2, 0.25) is 12.8 Å². The van der Waals surface area contributed by atoms with Crippen LogP contribution in [0.1, 0.15) is 38.3 Å². The van der Waals surface area contributed by atoms with Crippen molar-refractivity contribution in [2.75, 3.05) is 33.0 Å². The summed E-state index contributed by atoms with van der Waals surface area (Å²) >= 11 is 0. The summed E-state index contributed by atoms with van der Waals surface area (Å²) in [6, 6.07) is 6.51. The fraction of sp³-hybridized carbons (Fsp3) is 0.524. The molecule has 7 nitrogen and oxygen atoms in total. The molecule has 2 heterocycles. The quantitative estimate of drug-likeness (QED) is 0.624. The molecule has 28 heavy (non-hydrogen) atoms. The zero-order valence-corrected chi connectivity index (χ0v) is 16.5. The fourth-order valence-electron chi connectivity index (χ4n) is 3.43. The molecule has 0 aromatic heterocycles. The Kier molecular flexibility index (Phi) is 5.64. The van der Waals surface area contributed by atoms with Gasteiger partial charge in [-0.3, -0.25) is 4.90 Å². The molecule has 0 saturated carbocycles. The van der Waals surface area contributed by atoms with Crippen LogP contribution in [-0.2, 0) is 0 Å². The zero-order chi connectivity index (χ0) is 19.5. The van der Waals surface area contributed by atoms with Gasteiger partial charge in [-0.2, -0.15) is 0 Å². The third-order valence-corrected chi connectivity index (χ3v) is 5.31. The van der Waals surface area contributed by atoms with E-state index in [1.807, 2.05) is 6.07 Å².